The Morgan fingerprint density at radius 3 is 2.52 bits per heavy atom. The van der Waals surface area contributed by atoms with Gasteiger partial charge in [0, 0.05) is 22.5 Å². The molecule has 1 fully saturated rings. The molecule has 3 aromatic carbocycles. The molecule has 0 bridgehead atoms. The average Bonchev–Trinajstić information content (AvgIpc) is 3.16. The summed E-state index contributed by atoms with van der Waals surface area (Å²) in [6, 6.07) is 22.7. The van der Waals surface area contributed by atoms with Gasteiger partial charge in [0.25, 0.3) is 5.91 Å². The molecule has 158 valence electrons. The van der Waals surface area contributed by atoms with E-state index >= 15 is 0 Å². The molecule has 0 saturated carbocycles. The number of carbonyl (C=O) groups is 2. The quantitative estimate of drug-likeness (QED) is 0.565. The van der Waals surface area contributed by atoms with Gasteiger partial charge in [-0.05, 0) is 55.8 Å². The van der Waals surface area contributed by atoms with Gasteiger partial charge in [-0.3, -0.25) is 14.5 Å². The van der Waals surface area contributed by atoms with Gasteiger partial charge < -0.3 is 10.1 Å². The van der Waals surface area contributed by atoms with Crippen LogP contribution < -0.4 is 15.0 Å². The van der Waals surface area contributed by atoms with Crippen LogP contribution in [0.2, 0.25) is 0 Å². The summed E-state index contributed by atoms with van der Waals surface area (Å²) < 4.78 is 5.52. The Balaban J connectivity index is 1.63. The lowest BCUT2D eigenvalue weighted by Gasteiger charge is -2.26. The van der Waals surface area contributed by atoms with Crippen molar-refractivity contribution in [3.05, 3.63) is 89.5 Å². The minimum atomic E-state index is -0.223. The van der Waals surface area contributed by atoms with Gasteiger partial charge in [-0.2, -0.15) is 0 Å². The Kier molecular flexibility index (Phi) is 6.28. The first-order valence-corrected chi connectivity index (χ1v) is 11.3. The maximum Gasteiger partial charge on any atom is 0.255 e. The van der Waals surface area contributed by atoms with E-state index in [2.05, 4.69) is 5.32 Å². The first kappa shape index (κ1) is 21.0. The number of benzene rings is 3. The standard InChI is InChI=1S/C25H24N2O3S/c1-3-30-19-14-12-18(13-15-19)27-23(28)16-31-25(27)21-10-6-7-11-22(21)26-24(29)20-9-5-4-8-17(20)2/h4-15,25H,3,16H2,1-2H3,(H,26,29)/t25-/m0/s1. The fourth-order valence-corrected chi connectivity index (χ4v) is 4.86. The van der Waals surface area contributed by atoms with Crippen LogP contribution >= 0.6 is 11.8 Å². The topological polar surface area (TPSA) is 58.6 Å². The molecule has 2 amide bonds. The molecule has 31 heavy (non-hydrogen) atoms. The number of para-hydroxylation sites is 1. The summed E-state index contributed by atoms with van der Waals surface area (Å²) in [4.78, 5) is 27.5. The summed E-state index contributed by atoms with van der Waals surface area (Å²) in [5.41, 5.74) is 3.96. The largest absolute Gasteiger partial charge is 0.494 e. The van der Waals surface area contributed by atoms with E-state index in [1.54, 1.807) is 16.7 Å². The lowest BCUT2D eigenvalue weighted by molar-refractivity contribution is -0.115. The number of carbonyl (C=O) groups excluding carboxylic acids is 2. The third kappa shape index (κ3) is 4.44. The van der Waals surface area contributed by atoms with Crippen molar-refractivity contribution in [2.24, 2.45) is 0 Å². The Morgan fingerprint density at radius 2 is 1.77 bits per heavy atom. The van der Waals surface area contributed by atoms with Gasteiger partial charge in [0.15, 0.2) is 0 Å². The molecule has 0 radical (unpaired) electrons. The van der Waals surface area contributed by atoms with E-state index in [4.69, 9.17) is 4.74 Å². The predicted molar refractivity (Wildman–Crippen MR) is 126 cm³/mol. The zero-order valence-corrected chi connectivity index (χ0v) is 18.3. The van der Waals surface area contributed by atoms with Gasteiger partial charge in [0.05, 0.1) is 12.4 Å². The summed E-state index contributed by atoms with van der Waals surface area (Å²) in [6.07, 6.45) is 0. The van der Waals surface area contributed by atoms with Crippen LogP contribution in [-0.4, -0.2) is 24.2 Å². The second-order valence-corrected chi connectivity index (χ2v) is 8.28. The summed E-state index contributed by atoms with van der Waals surface area (Å²) in [7, 11) is 0. The van der Waals surface area contributed by atoms with E-state index in [9.17, 15) is 9.59 Å². The number of thioether (sulfide) groups is 1. The second kappa shape index (κ2) is 9.27. The summed E-state index contributed by atoms with van der Waals surface area (Å²) in [6.45, 7) is 4.45. The van der Waals surface area contributed by atoms with Crippen molar-refractivity contribution in [1.29, 1.82) is 0 Å². The fourth-order valence-electron chi connectivity index (χ4n) is 3.65. The number of amides is 2. The average molecular weight is 433 g/mol. The zero-order chi connectivity index (χ0) is 21.8. The van der Waals surface area contributed by atoms with E-state index in [0.29, 0.717) is 23.6 Å². The molecule has 0 aromatic heterocycles. The van der Waals surface area contributed by atoms with Crippen molar-refractivity contribution in [1.82, 2.24) is 0 Å². The molecule has 0 spiro atoms. The van der Waals surface area contributed by atoms with E-state index < -0.39 is 0 Å². The van der Waals surface area contributed by atoms with Gasteiger partial charge in [-0.25, -0.2) is 0 Å². The molecule has 0 unspecified atom stereocenters. The second-order valence-electron chi connectivity index (χ2n) is 7.21. The van der Waals surface area contributed by atoms with E-state index in [1.807, 2.05) is 86.6 Å². The summed E-state index contributed by atoms with van der Waals surface area (Å²) >= 11 is 1.56. The maximum atomic E-state index is 12.9. The van der Waals surface area contributed by atoms with Gasteiger partial charge in [0.2, 0.25) is 5.91 Å². The highest BCUT2D eigenvalue weighted by Gasteiger charge is 2.35. The van der Waals surface area contributed by atoms with Crippen LogP contribution in [0.1, 0.15) is 33.8 Å². The molecule has 6 heteroatoms. The fraction of sp³-hybridized carbons (Fsp3) is 0.200. The number of hydrogen-bond acceptors (Lipinski definition) is 4. The molecule has 0 aliphatic carbocycles. The van der Waals surface area contributed by atoms with Crippen molar-refractivity contribution in [2.45, 2.75) is 19.2 Å². The Hall–Kier alpha value is -3.25. The lowest BCUT2D eigenvalue weighted by atomic mass is 10.1. The van der Waals surface area contributed by atoms with E-state index in [0.717, 1.165) is 22.6 Å². The van der Waals surface area contributed by atoms with Crippen molar-refractivity contribution < 1.29 is 14.3 Å². The predicted octanol–water partition coefficient (Wildman–Crippen LogP) is 5.42. The number of nitrogens with one attached hydrogen (secondary N) is 1. The molecule has 1 heterocycles. The SMILES string of the molecule is CCOc1ccc(N2C(=O)CS[C@H]2c2ccccc2NC(=O)c2ccccc2C)cc1. The van der Waals surface area contributed by atoms with Crippen LogP contribution in [0.3, 0.4) is 0 Å². The summed E-state index contributed by atoms with van der Waals surface area (Å²) in [5, 5.41) is 2.82. The number of nitrogens with zero attached hydrogens (tertiary/aromatic N) is 1. The van der Waals surface area contributed by atoms with E-state index in [-0.39, 0.29) is 17.2 Å². The third-order valence-corrected chi connectivity index (χ3v) is 6.35. The molecular weight excluding hydrogens is 408 g/mol. The monoisotopic (exact) mass is 432 g/mol. The normalized spacial score (nSPS) is 15.7. The minimum absolute atomic E-state index is 0.0409. The Morgan fingerprint density at radius 1 is 1.06 bits per heavy atom. The molecule has 1 aliphatic rings. The molecular formula is C25H24N2O3S. The van der Waals surface area contributed by atoms with Crippen molar-refractivity contribution in [3.8, 4) is 5.75 Å². The molecule has 1 aliphatic heterocycles. The van der Waals surface area contributed by atoms with Crippen LogP contribution in [0.5, 0.6) is 5.75 Å². The first-order chi connectivity index (χ1) is 15.1. The molecule has 5 nitrogen and oxygen atoms in total. The Labute approximate surface area is 186 Å². The van der Waals surface area contributed by atoms with Crippen LogP contribution in [0.4, 0.5) is 11.4 Å². The van der Waals surface area contributed by atoms with Crippen LogP contribution in [0, 0.1) is 6.92 Å². The molecule has 1 atom stereocenters. The lowest BCUT2D eigenvalue weighted by Crippen LogP contribution is -2.28. The van der Waals surface area contributed by atoms with Gasteiger partial charge >= 0.3 is 0 Å². The van der Waals surface area contributed by atoms with Crippen molar-refractivity contribution >= 4 is 35.0 Å². The van der Waals surface area contributed by atoms with Crippen LogP contribution in [0.15, 0.2) is 72.8 Å². The highest BCUT2D eigenvalue weighted by Crippen LogP contribution is 2.44. The highest BCUT2D eigenvalue weighted by atomic mass is 32.2. The number of ether oxygens (including phenoxy) is 1. The number of anilines is 2. The maximum absolute atomic E-state index is 12.9. The minimum Gasteiger partial charge on any atom is -0.494 e. The molecule has 1 saturated heterocycles. The Bertz CT molecular complexity index is 1100. The van der Waals surface area contributed by atoms with E-state index in [1.165, 1.54) is 0 Å². The van der Waals surface area contributed by atoms with Crippen molar-refractivity contribution in [3.63, 3.8) is 0 Å². The van der Waals surface area contributed by atoms with Crippen molar-refractivity contribution in [2.75, 3.05) is 22.6 Å². The van der Waals surface area contributed by atoms with Gasteiger partial charge in [-0.1, -0.05) is 36.4 Å². The first-order valence-electron chi connectivity index (χ1n) is 10.2. The van der Waals surface area contributed by atoms with Crippen LogP contribution in [0.25, 0.3) is 0 Å². The van der Waals surface area contributed by atoms with Gasteiger partial charge in [0.1, 0.15) is 11.1 Å². The molecule has 3 aromatic rings. The molecule has 1 N–H and O–H groups in total. The zero-order valence-electron chi connectivity index (χ0n) is 17.5. The highest BCUT2D eigenvalue weighted by molar-refractivity contribution is 8.00. The van der Waals surface area contributed by atoms with Crippen LogP contribution in [-0.2, 0) is 4.79 Å². The number of rotatable bonds is 6. The third-order valence-electron chi connectivity index (χ3n) is 5.16. The smallest absolute Gasteiger partial charge is 0.255 e. The number of aryl methyl sites for hydroxylation is 1. The summed E-state index contributed by atoms with van der Waals surface area (Å²) in [5.74, 6) is 1.04. The van der Waals surface area contributed by atoms with Gasteiger partial charge in [-0.15, -0.1) is 11.8 Å². The molecule has 4 rings (SSSR count). The number of hydrogen-bond donors (Lipinski definition) is 1.